The summed E-state index contributed by atoms with van der Waals surface area (Å²) in [7, 11) is 1.27. The first-order valence-electron chi connectivity index (χ1n) is 3.86. The summed E-state index contributed by atoms with van der Waals surface area (Å²) in [4.78, 5) is 11.1. The first kappa shape index (κ1) is 11.1. The molecule has 76 valence electrons. The molecule has 0 saturated heterocycles. The summed E-state index contributed by atoms with van der Waals surface area (Å²) in [6.07, 6.45) is 0. The van der Waals surface area contributed by atoms with E-state index in [1.54, 1.807) is 0 Å². The zero-order chi connectivity index (χ0) is 10.7. The summed E-state index contributed by atoms with van der Waals surface area (Å²) in [5.41, 5.74) is 5.87. The standard InChI is InChI=1S/C9H9BrFNO2/c1-14-9(13)5-2-6(4-12)8(11)7(10)3-5/h2-3H,4,12H2,1H3. The third-order valence-electron chi connectivity index (χ3n) is 1.74. The molecule has 0 aromatic heterocycles. The molecule has 0 saturated carbocycles. The molecular weight excluding hydrogens is 253 g/mol. The average molecular weight is 262 g/mol. The Bertz CT molecular complexity index is 368. The molecule has 0 heterocycles. The van der Waals surface area contributed by atoms with Gasteiger partial charge in [-0.2, -0.15) is 0 Å². The number of ether oxygens (including phenoxy) is 1. The van der Waals surface area contributed by atoms with E-state index in [2.05, 4.69) is 20.7 Å². The van der Waals surface area contributed by atoms with Crippen molar-refractivity contribution in [3.63, 3.8) is 0 Å². The number of benzene rings is 1. The van der Waals surface area contributed by atoms with Crippen LogP contribution in [0.25, 0.3) is 0 Å². The van der Waals surface area contributed by atoms with Gasteiger partial charge in [0.25, 0.3) is 0 Å². The molecule has 14 heavy (non-hydrogen) atoms. The Hall–Kier alpha value is -0.940. The van der Waals surface area contributed by atoms with Gasteiger partial charge in [0.1, 0.15) is 5.82 Å². The van der Waals surface area contributed by atoms with Crippen LogP contribution in [-0.4, -0.2) is 13.1 Å². The molecular formula is C9H9BrFNO2. The Labute approximate surface area is 89.2 Å². The van der Waals surface area contributed by atoms with Crippen LogP contribution in [0, 0.1) is 5.82 Å². The first-order valence-corrected chi connectivity index (χ1v) is 4.65. The Kier molecular flexibility index (Phi) is 3.60. The molecule has 3 nitrogen and oxygen atoms in total. The predicted molar refractivity (Wildman–Crippen MR) is 53.3 cm³/mol. The number of rotatable bonds is 2. The van der Waals surface area contributed by atoms with Crippen molar-refractivity contribution in [1.29, 1.82) is 0 Å². The number of methoxy groups -OCH3 is 1. The van der Waals surface area contributed by atoms with Gasteiger partial charge in [0, 0.05) is 12.1 Å². The highest BCUT2D eigenvalue weighted by molar-refractivity contribution is 9.10. The molecule has 1 aromatic carbocycles. The molecule has 0 aliphatic heterocycles. The van der Waals surface area contributed by atoms with E-state index in [9.17, 15) is 9.18 Å². The second kappa shape index (κ2) is 4.52. The Morgan fingerprint density at radius 2 is 2.29 bits per heavy atom. The average Bonchev–Trinajstić information content (AvgIpc) is 2.20. The van der Waals surface area contributed by atoms with Crippen LogP contribution in [0.5, 0.6) is 0 Å². The lowest BCUT2D eigenvalue weighted by Crippen LogP contribution is -2.06. The zero-order valence-corrected chi connectivity index (χ0v) is 9.10. The maximum absolute atomic E-state index is 13.3. The Balaban J connectivity index is 3.22. The summed E-state index contributed by atoms with van der Waals surface area (Å²) in [6.45, 7) is 0.0370. The molecule has 0 amide bonds. The van der Waals surface area contributed by atoms with E-state index >= 15 is 0 Å². The highest BCUT2D eigenvalue weighted by Gasteiger charge is 2.12. The number of carbonyl (C=O) groups is 1. The van der Waals surface area contributed by atoms with Gasteiger partial charge in [0.05, 0.1) is 17.1 Å². The fraction of sp³-hybridized carbons (Fsp3) is 0.222. The Morgan fingerprint density at radius 1 is 1.64 bits per heavy atom. The topological polar surface area (TPSA) is 52.3 Å². The van der Waals surface area contributed by atoms with E-state index in [1.807, 2.05) is 0 Å². The highest BCUT2D eigenvalue weighted by atomic mass is 79.9. The third kappa shape index (κ3) is 2.10. The summed E-state index contributed by atoms with van der Waals surface area (Å²) in [5.74, 6) is -0.958. The van der Waals surface area contributed by atoms with Gasteiger partial charge in [0.15, 0.2) is 0 Å². The maximum atomic E-state index is 13.3. The van der Waals surface area contributed by atoms with E-state index in [0.717, 1.165) is 0 Å². The van der Waals surface area contributed by atoms with Crippen molar-refractivity contribution in [2.75, 3.05) is 7.11 Å². The molecule has 0 atom stereocenters. The minimum atomic E-state index is -0.514. The first-order chi connectivity index (χ1) is 6.60. The number of hydrogen-bond acceptors (Lipinski definition) is 3. The van der Waals surface area contributed by atoms with Crippen molar-refractivity contribution in [2.45, 2.75) is 6.54 Å². The molecule has 0 aliphatic carbocycles. The summed E-state index contributed by atoms with van der Waals surface area (Å²) in [5, 5.41) is 0. The van der Waals surface area contributed by atoms with Gasteiger partial charge in [-0.3, -0.25) is 0 Å². The predicted octanol–water partition coefficient (Wildman–Crippen LogP) is 1.83. The van der Waals surface area contributed by atoms with E-state index in [1.165, 1.54) is 19.2 Å². The summed E-state index contributed by atoms with van der Waals surface area (Å²) < 4.78 is 18.0. The van der Waals surface area contributed by atoms with E-state index in [0.29, 0.717) is 0 Å². The van der Waals surface area contributed by atoms with Crippen LogP contribution in [0.1, 0.15) is 15.9 Å². The summed E-state index contributed by atoms with van der Waals surface area (Å²) in [6, 6.07) is 2.74. The van der Waals surface area contributed by atoms with Gasteiger partial charge < -0.3 is 10.5 Å². The number of nitrogens with two attached hydrogens (primary N) is 1. The van der Waals surface area contributed by atoms with Crippen LogP contribution in [0.3, 0.4) is 0 Å². The minimum absolute atomic E-state index is 0.0370. The van der Waals surface area contributed by atoms with E-state index in [-0.39, 0.29) is 22.1 Å². The van der Waals surface area contributed by atoms with E-state index in [4.69, 9.17) is 5.73 Å². The van der Waals surface area contributed by atoms with Crippen molar-refractivity contribution in [2.24, 2.45) is 5.73 Å². The SMILES string of the molecule is COC(=O)c1cc(Br)c(F)c(CN)c1. The molecule has 0 radical (unpaired) electrons. The molecule has 1 rings (SSSR count). The van der Waals surface area contributed by atoms with Crippen LogP contribution in [0.4, 0.5) is 4.39 Å². The lowest BCUT2D eigenvalue weighted by atomic mass is 10.1. The van der Waals surface area contributed by atoms with Crippen molar-refractivity contribution in [1.82, 2.24) is 0 Å². The van der Waals surface area contributed by atoms with Crippen molar-refractivity contribution >= 4 is 21.9 Å². The smallest absolute Gasteiger partial charge is 0.337 e. The largest absolute Gasteiger partial charge is 0.465 e. The number of hydrogen-bond donors (Lipinski definition) is 1. The van der Waals surface area contributed by atoms with Crippen LogP contribution in [-0.2, 0) is 11.3 Å². The maximum Gasteiger partial charge on any atom is 0.337 e. The second-order valence-electron chi connectivity index (χ2n) is 2.63. The van der Waals surface area contributed by atoms with E-state index < -0.39 is 11.8 Å². The van der Waals surface area contributed by atoms with Crippen molar-refractivity contribution in [3.05, 3.63) is 33.5 Å². The fourth-order valence-corrected chi connectivity index (χ4v) is 1.53. The minimum Gasteiger partial charge on any atom is -0.465 e. The second-order valence-corrected chi connectivity index (χ2v) is 3.48. The Morgan fingerprint density at radius 3 is 2.79 bits per heavy atom. The van der Waals surface area contributed by atoms with Crippen LogP contribution >= 0.6 is 15.9 Å². The van der Waals surface area contributed by atoms with Crippen LogP contribution < -0.4 is 5.73 Å². The molecule has 1 aromatic rings. The highest BCUT2D eigenvalue weighted by Crippen LogP contribution is 2.21. The van der Waals surface area contributed by atoms with Gasteiger partial charge in [0.2, 0.25) is 0 Å². The van der Waals surface area contributed by atoms with Crippen molar-refractivity contribution in [3.8, 4) is 0 Å². The zero-order valence-electron chi connectivity index (χ0n) is 7.51. The quantitative estimate of drug-likeness (QED) is 0.827. The molecule has 0 fully saturated rings. The van der Waals surface area contributed by atoms with Crippen LogP contribution in [0.15, 0.2) is 16.6 Å². The van der Waals surface area contributed by atoms with Gasteiger partial charge in [-0.05, 0) is 28.1 Å². The van der Waals surface area contributed by atoms with Gasteiger partial charge in [-0.25, -0.2) is 9.18 Å². The van der Waals surface area contributed by atoms with Gasteiger partial charge in [-0.15, -0.1) is 0 Å². The molecule has 0 bridgehead atoms. The van der Waals surface area contributed by atoms with Crippen molar-refractivity contribution < 1.29 is 13.9 Å². The molecule has 0 aliphatic rings. The fourth-order valence-electron chi connectivity index (χ4n) is 1.03. The molecule has 0 unspecified atom stereocenters. The lowest BCUT2D eigenvalue weighted by Gasteiger charge is -2.05. The number of carbonyl (C=O) groups excluding carboxylic acids is 1. The third-order valence-corrected chi connectivity index (χ3v) is 2.32. The molecule has 5 heteroatoms. The van der Waals surface area contributed by atoms with Gasteiger partial charge in [-0.1, -0.05) is 0 Å². The lowest BCUT2D eigenvalue weighted by molar-refractivity contribution is 0.0600. The normalized spacial score (nSPS) is 10.0. The monoisotopic (exact) mass is 261 g/mol. The molecule has 2 N–H and O–H groups in total. The number of halogens is 2. The van der Waals surface area contributed by atoms with Gasteiger partial charge >= 0.3 is 5.97 Å². The molecule has 0 spiro atoms. The van der Waals surface area contributed by atoms with Crippen LogP contribution in [0.2, 0.25) is 0 Å². The summed E-state index contributed by atoms with van der Waals surface area (Å²) >= 11 is 3.00. The number of esters is 1.